The smallest absolute Gasteiger partial charge is 0.237 e. The molecule has 21 heavy (non-hydrogen) atoms. The van der Waals surface area contributed by atoms with E-state index in [-0.39, 0.29) is 5.91 Å². The Balaban J connectivity index is 1.90. The average Bonchev–Trinajstić information content (AvgIpc) is 2.79. The lowest BCUT2D eigenvalue weighted by atomic mass is 9.94. The first-order valence-electron chi connectivity index (χ1n) is 8.01. The Morgan fingerprint density at radius 1 is 1.38 bits per heavy atom. The number of primary amides is 1. The molecule has 1 unspecified atom stereocenters. The number of likely N-dealkylation sites (N-methyl/N-ethyl adjacent to an activating group) is 1. The fourth-order valence-electron chi connectivity index (χ4n) is 3.15. The Bertz CT molecular complexity index is 509. The third kappa shape index (κ3) is 3.46. The van der Waals surface area contributed by atoms with Gasteiger partial charge in [0.2, 0.25) is 5.91 Å². The second kappa shape index (κ2) is 6.60. The molecule has 2 rings (SSSR count). The number of hydrogen-bond donors (Lipinski definition) is 2. The van der Waals surface area contributed by atoms with Crippen LogP contribution in [-0.2, 0) is 24.2 Å². The summed E-state index contributed by atoms with van der Waals surface area (Å²) in [6, 6.07) is 0. The zero-order valence-corrected chi connectivity index (χ0v) is 13.5. The van der Waals surface area contributed by atoms with Gasteiger partial charge in [0.15, 0.2) is 0 Å². The van der Waals surface area contributed by atoms with E-state index in [0.29, 0.717) is 0 Å². The molecule has 1 heterocycles. The number of nitrogens with two attached hydrogens (primary N) is 1. The van der Waals surface area contributed by atoms with Crippen molar-refractivity contribution in [3.05, 3.63) is 17.2 Å². The van der Waals surface area contributed by atoms with Crippen molar-refractivity contribution in [2.75, 3.05) is 7.05 Å². The van der Waals surface area contributed by atoms with Crippen molar-refractivity contribution in [2.24, 2.45) is 5.73 Å². The van der Waals surface area contributed by atoms with Crippen molar-refractivity contribution >= 4 is 5.91 Å². The Hall–Kier alpha value is -1.36. The molecule has 0 saturated heterocycles. The molecule has 1 aliphatic rings. The standard InChI is InChI=1S/C16H28N4O/c1-12-19-13-8-4-5-9-14(13)20(12)11-7-6-10-16(2,18-3)15(17)21/h18H,4-11H2,1-3H3,(H2,17,21). The number of nitrogens with zero attached hydrogens (tertiary/aromatic N) is 2. The van der Waals surface area contributed by atoms with E-state index in [2.05, 4.69) is 16.8 Å². The molecule has 118 valence electrons. The van der Waals surface area contributed by atoms with Gasteiger partial charge in [0.05, 0.1) is 11.2 Å². The van der Waals surface area contributed by atoms with Gasteiger partial charge in [0.25, 0.3) is 0 Å². The molecule has 0 radical (unpaired) electrons. The number of amides is 1. The van der Waals surface area contributed by atoms with Crippen LogP contribution in [0.15, 0.2) is 0 Å². The summed E-state index contributed by atoms with van der Waals surface area (Å²) in [7, 11) is 1.79. The van der Waals surface area contributed by atoms with E-state index in [1.165, 1.54) is 24.2 Å². The van der Waals surface area contributed by atoms with Crippen LogP contribution in [0.1, 0.15) is 56.2 Å². The van der Waals surface area contributed by atoms with Crippen LogP contribution in [-0.4, -0.2) is 28.0 Å². The van der Waals surface area contributed by atoms with E-state index >= 15 is 0 Å². The molecule has 1 aromatic rings. The monoisotopic (exact) mass is 292 g/mol. The van der Waals surface area contributed by atoms with Crippen LogP contribution < -0.4 is 11.1 Å². The summed E-state index contributed by atoms with van der Waals surface area (Å²) in [6.07, 6.45) is 7.63. The number of imidazole rings is 1. The molecule has 0 aliphatic heterocycles. The third-order valence-electron chi connectivity index (χ3n) is 4.83. The predicted octanol–water partition coefficient (Wildman–Crippen LogP) is 1.70. The number of nitrogens with one attached hydrogen (secondary N) is 1. The number of fused-ring (bicyclic) bond motifs is 1. The Labute approximate surface area is 127 Å². The lowest BCUT2D eigenvalue weighted by Gasteiger charge is -2.25. The van der Waals surface area contributed by atoms with Crippen LogP contribution in [0.2, 0.25) is 0 Å². The van der Waals surface area contributed by atoms with Gasteiger partial charge in [-0.15, -0.1) is 0 Å². The number of rotatable bonds is 7. The van der Waals surface area contributed by atoms with Crippen molar-refractivity contribution in [1.29, 1.82) is 0 Å². The first kappa shape index (κ1) is 16.0. The maximum absolute atomic E-state index is 11.5. The molecule has 5 heteroatoms. The summed E-state index contributed by atoms with van der Waals surface area (Å²) in [4.78, 5) is 16.2. The Morgan fingerprint density at radius 2 is 2.10 bits per heavy atom. The fraction of sp³-hybridized carbons (Fsp3) is 0.750. The van der Waals surface area contributed by atoms with Crippen molar-refractivity contribution in [1.82, 2.24) is 14.9 Å². The van der Waals surface area contributed by atoms with E-state index in [0.717, 1.165) is 44.5 Å². The maximum atomic E-state index is 11.5. The van der Waals surface area contributed by atoms with Gasteiger partial charge in [-0.2, -0.15) is 0 Å². The fourth-order valence-corrected chi connectivity index (χ4v) is 3.15. The molecular weight excluding hydrogens is 264 g/mol. The summed E-state index contributed by atoms with van der Waals surface area (Å²) in [5, 5.41) is 3.04. The molecule has 0 saturated carbocycles. The van der Waals surface area contributed by atoms with E-state index in [9.17, 15) is 4.79 Å². The second-order valence-electron chi connectivity index (χ2n) is 6.31. The molecular formula is C16H28N4O. The van der Waals surface area contributed by atoms with Gasteiger partial charge >= 0.3 is 0 Å². The summed E-state index contributed by atoms with van der Waals surface area (Å²) < 4.78 is 2.37. The van der Waals surface area contributed by atoms with Crippen molar-refractivity contribution in [3.8, 4) is 0 Å². The van der Waals surface area contributed by atoms with Crippen LogP contribution in [0.25, 0.3) is 0 Å². The summed E-state index contributed by atoms with van der Waals surface area (Å²) in [6.45, 7) is 4.96. The number of hydrogen-bond acceptors (Lipinski definition) is 3. The molecule has 0 bridgehead atoms. The first-order valence-corrected chi connectivity index (χ1v) is 8.01. The highest BCUT2D eigenvalue weighted by Gasteiger charge is 2.28. The normalized spacial score (nSPS) is 17.3. The Kier molecular flexibility index (Phi) is 5.04. The minimum atomic E-state index is -0.594. The zero-order chi connectivity index (χ0) is 15.5. The topological polar surface area (TPSA) is 72.9 Å². The van der Waals surface area contributed by atoms with Gasteiger partial charge in [-0.05, 0) is 65.8 Å². The minimum absolute atomic E-state index is 0.277. The predicted molar refractivity (Wildman–Crippen MR) is 84.1 cm³/mol. The third-order valence-corrected chi connectivity index (χ3v) is 4.83. The summed E-state index contributed by atoms with van der Waals surface area (Å²) in [5.41, 5.74) is 7.60. The average molecular weight is 292 g/mol. The van der Waals surface area contributed by atoms with Crippen LogP contribution in [0.3, 0.4) is 0 Å². The van der Waals surface area contributed by atoms with Crippen molar-refractivity contribution in [2.45, 2.75) is 70.9 Å². The van der Waals surface area contributed by atoms with Crippen LogP contribution in [0, 0.1) is 6.92 Å². The molecule has 0 fully saturated rings. The van der Waals surface area contributed by atoms with Gasteiger partial charge in [-0.25, -0.2) is 4.98 Å². The van der Waals surface area contributed by atoms with Crippen LogP contribution >= 0.6 is 0 Å². The Morgan fingerprint density at radius 3 is 2.76 bits per heavy atom. The van der Waals surface area contributed by atoms with Gasteiger partial charge < -0.3 is 15.6 Å². The number of carbonyl (C=O) groups excluding carboxylic acids is 1. The molecule has 0 aromatic carbocycles. The molecule has 1 amide bonds. The number of aryl methyl sites for hydroxylation is 2. The highest BCUT2D eigenvalue weighted by molar-refractivity contribution is 5.84. The lowest BCUT2D eigenvalue weighted by molar-refractivity contribution is -0.123. The quantitative estimate of drug-likeness (QED) is 0.751. The first-order chi connectivity index (χ1) is 9.98. The van der Waals surface area contributed by atoms with Crippen molar-refractivity contribution in [3.63, 3.8) is 0 Å². The van der Waals surface area contributed by atoms with E-state index in [1.54, 1.807) is 7.05 Å². The van der Waals surface area contributed by atoms with E-state index in [4.69, 9.17) is 10.7 Å². The van der Waals surface area contributed by atoms with Crippen LogP contribution in [0.5, 0.6) is 0 Å². The molecule has 0 spiro atoms. The highest BCUT2D eigenvalue weighted by atomic mass is 16.1. The number of carbonyl (C=O) groups is 1. The highest BCUT2D eigenvalue weighted by Crippen LogP contribution is 2.23. The van der Waals surface area contributed by atoms with Gasteiger partial charge in [0, 0.05) is 12.2 Å². The molecule has 1 aliphatic carbocycles. The maximum Gasteiger partial charge on any atom is 0.237 e. The molecule has 5 nitrogen and oxygen atoms in total. The second-order valence-corrected chi connectivity index (χ2v) is 6.31. The number of aromatic nitrogens is 2. The summed E-state index contributed by atoms with van der Waals surface area (Å²) in [5.74, 6) is 0.856. The lowest BCUT2D eigenvalue weighted by Crippen LogP contribution is -2.51. The van der Waals surface area contributed by atoms with Gasteiger partial charge in [-0.3, -0.25) is 4.79 Å². The number of unbranched alkanes of at least 4 members (excludes halogenated alkanes) is 1. The molecule has 1 aromatic heterocycles. The van der Waals surface area contributed by atoms with E-state index < -0.39 is 5.54 Å². The molecule has 3 N–H and O–H groups in total. The van der Waals surface area contributed by atoms with Crippen LogP contribution in [0.4, 0.5) is 0 Å². The molecule has 1 atom stereocenters. The SMILES string of the molecule is CNC(C)(CCCCn1c(C)nc2c1CCCC2)C(N)=O. The van der Waals surface area contributed by atoms with Gasteiger partial charge in [0.1, 0.15) is 5.82 Å². The van der Waals surface area contributed by atoms with E-state index in [1.807, 2.05) is 6.92 Å². The summed E-state index contributed by atoms with van der Waals surface area (Å²) >= 11 is 0. The zero-order valence-electron chi connectivity index (χ0n) is 13.5. The minimum Gasteiger partial charge on any atom is -0.368 e. The largest absolute Gasteiger partial charge is 0.368 e. The van der Waals surface area contributed by atoms with Gasteiger partial charge in [-0.1, -0.05) is 0 Å². The van der Waals surface area contributed by atoms with Crippen molar-refractivity contribution < 1.29 is 4.79 Å².